The second-order valence-electron chi connectivity index (χ2n) is 3.89. The molecule has 0 spiro atoms. The summed E-state index contributed by atoms with van der Waals surface area (Å²) in [6.07, 6.45) is 0.534. The van der Waals surface area contributed by atoms with E-state index in [4.69, 9.17) is 0 Å². The van der Waals surface area contributed by atoms with Crippen LogP contribution in [0.3, 0.4) is 0 Å². The van der Waals surface area contributed by atoms with Gasteiger partial charge in [0.05, 0.1) is 13.5 Å². The van der Waals surface area contributed by atoms with Crippen LogP contribution in [-0.4, -0.2) is 18.9 Å². The highest BCUT2D eigenvalue weighted by atomic mass is 19.1. The van der Waals surface area contributed by atoms with Crippen LogP contribution in [0.5, 0.6) is 0 Å². The Balaban J connectivity index is 2.40. The first-order valence-corrected chi connectivity index (χ1v) is 5.54. The molecule has 0 atom stereocenters. The zero-order valence-corrected chi connectivity index (χ0v) is 10.0. The number of aryl methyl sites for hydroxylation is 1. The van der Waals surface area contributed by atoms with E-state index in [-0.39, 0.29) is 31.5 Å². The molecular formula is C13H14F2O3. The molecule has 0 aliphatic carbocycles. The first kappa shape index (κ1) is 14.3. The summed E-state index contributed by atoms with van der Waals surface area (Å²) in [6.45, 7) is 0. The van der Waals surface area contributed by atoms with Crippen LogP contribution in [0.15, 0.2) is 18.2 Å². The molecule has 3 nitrogen and oxygen atoms in total. The van der Waals surface area contributed by atoms with Crippen molar-refractivity contribution in [2.75, 3.05) is 7.11 Å². The van der Waals surface area contributed by atoms with Crippen LogP contribution < -0.4 is 0 Å². The summed E-state index contributed by atoms with van der Waals surface area (Å²) >= 11 is 0. The summed E-state index contributed by atoms with van der Waals surface area (Å²) in [5, 5.41) is 0. The second-order valence-corrected chi connectivity index (χ2v) is 3.89. The van der Waals surface area contributed by atoms with Gasteiger partial charge in [-0.2, -0.15) is 0 Å². The van der Waals surface area contributed by atoms with E-state index in [1.807, 2.05) is 0 Å². The van der Waals surface area contributed by atoms with E-state index in [0.717, 1.165) is 6.07 Å². The third-order valence-electron chi connectivity index (χ3n) is 2.45. The third-order valence-corrected chi connectivity index (χ3v) is 2.45. The SMILES string of the molecule is COC(=O)CCC(=O)CCc1cc(F)cc(F)c1. The lowest BCUT2D eigenvalue weighted by atomic mass is 10.0. The number of carbonyl (C=O) groups is 2. The highest BCUT2D eigenvalue weighted by Crippen LogP contribution is 2.11. The average Bonchev–Trinajstić information content (AvgIpc) is 2.32. The monoisotopic (exact) mass is 256 g/mol. The van der Waals surface area contributed by atoms with Gasteiger partial charge in [-0.3, -0.25) is 9.59 Å². The first-order valence-electron chi connectivity index (χ1n) is 5.54. The van der Waals surface area contributed by atoms with Gasteiger partial charge in [0, 0.05) is 18.9 Å². The van der Waals surface area contributed by atoms with Crippen molar-refractivity contribution in [1.29, 1.82) is 0 Å². The van der Waals surface area contributed by atoms with Gasteiger partial charge in [-0.25, -0.2) is 8.78 Å². The van der Waals surface area contributed by atoms with E-state index in [9.17, 15) is 18.4 Å². The molecule has 0 aliphatic rings. The molecule has 0 fully saturated rings. The minimum Gasteiger partial charge on any atom is -0.469 e. The Morgan fingerprint density at radius 2 is 1.67 bits per heavy atom. The zero-order valence-electron chi connectivity index (χ0n) is 10.0. The van der Waals surface area contributed by atoms with Crippen molar-refractivity contribution in [3.8, 4) is 0 Å². The van der Waals surface area contributed by atoms with Gasteiger partial charge in [0.1, 0.15) is 17.4 Å². The molecule has 0 saturated carbocycles. The topological polar surface area (TPSA) is 43.4 Å². The maximum absolute atomic E-state index is 12.9. The highest BCUT2D eigenvalue weighted by Gasteiger charge is 2.08. The van der Waals surface area contributed by atoms with Crippen molar-refractivity contribution >= 4 is 11.8 Å². The van der Waals surface area contributed by atoms with Crippen molar-refractivity contribution in [3.05, 3.63) is 35.4 Å². The summed E-state index contributed by atoms with van der Waals surface area (Å²) in [7, 11) is 1.25. The first-order chi connectivity index (χ1) is 8.51. The molecule has 0 unspecified atom stereocenters. The summed E-state index contributed by atoms with van der Waals surface area (Å²) < 4.78 is 30.1. The molecule has 0 saturated heterocycles. The number of halogens is 2. The number of benzene rings is 1. The Labute approximate surface area is 104 Å². The summed E-state index contributed by atoms with van der Waals surface area (Å²) in [5.74, 6) is -1.90. The number of hydrogen-bond donors (Lipinski definition) is 0. The number of rotatable bonds is 6. The molecular weight excluding hydrogens is 242 g/mol. The molecule has 0 N–H and O–H groups in total. The Bertz CT molecular complexity index is 424. The van der Waals surface area contributed by atoms with Gasteiger partial charge in [-0.15, -0.1) is 0 Å². The van der Waals surface area contributed by atoms with Gasteiger partial charge in [-0.05, 0) is 24.1 Å². The average molecular weight is 256 g/mol. The fourth-order valence-electron chi connectivity index (χ4n) is 1.51. The number of esters is 1. The predicted molar refractivity (Wildman–Crippen MR) is 60.9 cm³/mol. The Hall–Kier alpha value is -1.78. The number of hydrogen-bond acceptors (Lipinski definition) is 3. The normalized spacial score (nSPS) is 10.2. The summed E-state index contributed by atoms with van der Waals surface area (Å²) in [5.41, 5.74) is 0.430. The number of ketones is 1. The molecule has 0 aliphatic heterocycles. The lowest BCUT2D eigenvalue weighted by molar-refractivity contribution is -0.141. The number of methoxy groups -OCH3 is 1. The largest absolute Gasteiger partial charge is 0.469 e. The van der Waals surface area contributed by atoms with E-state index >= 15 is 0 Å². The minimum atomic E-state index is -0.660. The standard InChI is InChI=1S/C13H14F2O3/c1-18-13(17)5-4-12(16)3-2-9-6-10(14)8-11(15)7-9/h6-8H,2-5H2,1H3. The van der Waals surface area contributed by atoms with Gasteiger partial charge >= 0.3 is 5.97 Å². The number of ether oxygens (including phenoxy) is 1. The van der Waals surface area contributed by atoms with Crippen LogP contribution in [0.1, 0.15) is 24.8 Å². The molecule has 18 heavy (non-hydrogen) atoms. The second kappa shape index (κ2) is 6.83. The molecule has 1 aromatic carbocycles. The maximum Gasteiger partial charge on any atom is 0.305 e. The lowest BCUT2D eigenvalue weighted by Gasteiger charge is -2.02. The Morgan fingerprint density at radius 3 is 2.22 bits per heavy atom. The fourth-order valence-corrected chi connectivity index (χ4v) is 1.51. The molecule has 98 valence electrons. The van der Waals surface area contributed by atoms with E-state index < -0.39 is 17.6 Å². The molecule has 0 amide bonds. The fraction of sp³-hybridized carbons (Fsp3) is 0.385. The molecule has 1 aromatic rings. The molecule has 0 aromatic heterocycles. The third kappa shape index (κ3) is 5.03. The molecule has 0 heterocycles. The van der Waals surface area contributed by atoms with Crippen molar-refractivity contribution in [2.45, 2.75) is 25.7 Å². The smallest absolute Gasteiger partial charge is 0.305 e. The van der Waals surface area contributed by atoms with Crippen LogP contribution in [0.25, 0.3) is 0 Å². The van der Waals surface area contributed by atoms with Gasteiger partial charge in [0.25, 0.3) is 0 Å². The van der Waals surface area contributed by atoms with Crippen LogP contribution in [-0.2, 0) is 20.7 Å². The van der Waals surface area contributed by atoms with E-state index in [2.05, 4.69) is 4.74 Å². The van der Waals surface area contributed by atoms with Gasteiger partial charge < -0.3 is 4.74 Å². The number of Topliss-reactive ketones (excluding diaryl/α,β-unsaturated/α-hetero) is 1. The van der Waals surface area contributed by atoms with E-state index in [1.54, 1.807) is 0 Å². The van der Waals surface area contributed by atoms with Crippen LogP contribution >= 0.6 is 0 Å². The highest BCUT2D eigenvalue weighted by molar-refractivity contribution is 5.83. The van der Waals surface area contributed by atoms with Crippen molar-refractivity contribution in [3.63, 3.8) is 0 Å². The molecule has 1 rings (SSSR count). The maximum atomic E-state index is 12.9. The lowest BCUT2D eigenvalue weighted by Crippen LogP contribution is -2.06. The van der Waals surface area contributed by atoms with Crippen LogP contribution in [0.2, 0.25) is 0 Å². The van der Waals surface area contributed by atoms with Crippen molar-refractivity contribution < 1.29 is 23.1 Å². The zero-order chi connectivity index (χ0) is 13.5. The van der Waals surface area contributed by atoms with E-state index in [1.165, 1.54) is 19.2 Å². The van der Waals surface area contributed by atoms with E-state index in [0.29, 0.717) is 5.56 Å². The Morgan fingerprint density at radius 1 is 1.06 bits per heavy atom. The number of carbonyl (C=O) groups excluding carboxylic acids is 2. The molecule has 5 heteroatoms. The molecule has 0 radical (unpaired) electrons. The van der Waals surface area contributed by atoms with Gasteiger partial charge in [0.2, 0.25) is 0 Å². The van der Waals surface area contributed by atoms with Gasteiger partial charge in [-0.1, -0.05) is 0 Å². The summed E-state index contributed by atoms with van der Waals surface area (Å²) in [6, 6.07) is 3.16. The van der Waals surface area contributed by atoms with Crippen LogP contribution in [0, 0.1) is 11.6 Å². The van der Waals surface area contributed by atoms with Crippen molar-refractivity contribution in [2.24, 2.45) is 0 Å². The molecule has 0 bridgehead atoms. The Kier molecular flexibility index (Phi) is 5.42. The summed E-state index contributed by atoms with van der Waals surface area (Å²) in [4.78, 5) is 22.2. The predicted octanol–water partition coefficient (Wildman–Crippen LogP) is 2.42. The van der Waals surface area contributed by atoms with Crippen molar-refractivity contribution in [1.82, 2.24) is 0 Å². The quantitative estimate of drug-likeness (QED) is 0.734. The minimum absolute atomic E-state index is 0.0346. The van der Waals surface area contributed by atoms with Gasteiger partial charge in [0.15, 0.2) is 0 Å². The van der Waals surface area contributed by atoms with Crippen LogP contribution in [0.4, 0.5) is 8.78 Å².